The van der Waals surface area contributed by atoms with Gasteiger partial charge in [0.2, 0.25) is 0 Å². The van der Waals surface area contributed by atoms with Crippen molar-refractivity contribution in [2.24, 2.45) is 0 Å². The summed E-state index contributed by atoms with van der Waals surface area (Å²) in [7, 11) is 0. The van der Waals surface area contributed by atoms with E-state index in [1.807, 2.05) is 74.5 Å². The fourth-order valence-corrected chi connectivity index (χ4v) is 5.54. The Kier molecular flexibility index (Phi) is 8.35. The fraction of sp³-hybridized carbons (Fsp3) is 0.0500. The molecule has 0 saturated heterocycles. The first-order chi connectivity index (χ1) is 22.3. The first-order valence-corrected chi connectivity index (χ1v) is 14.9. The van der Waals surface area contributed by atoms with E-state index >= 15 is 0 Å². The standard InChI is InChI=1S/C40H32N2O4/c1-27-5-3-7-37(25-27)41(35-21-13-31(14-22-35)39(43)44)33-17-9-29(10-18-33)30-11-19-34(20-12-30)42(38-8-4-6-28(2)26-38)36-23-15-32(16-24-36)40(45)46/h3-26H,1-2H3,(H,43,44)(H,45,46). The number of carboxylic acid groups (broad SMARTS) is 2. The highest BCUT2D eigenvalue weighted by Gasteiger charge is 2.16. The van der Waals surface area contributed by atoms with Crippen LogP contribution < -0.4 is 9.80 Å². The highest BCUT2D eigenvalue weighted by molar-refractivity contribution is 5.90. The van der Waals surface area contributed by atoms with Crippen LogP contribution in [-0.4, -0.2) is 22.2 Å². The molecular weight excluding hydrogens is 572 g/mol. The molecule has 6 heteroatoms. The molecule has 226 valence electrons. The van der Waals surface area contributed by atoms with Gasteiger partial charge in [-0.15, -0.1) is 0 Å². The lowest BCUT2D eigenvalue weighted by molar-refractivity contribution is 0.0686. The molecule has 0 radical (unpaired) electrons. The topological polar surface area (TPSA) is 81.1 Å². The molecule has 6 rings (SSSR count). The lowest BCUT2D eigenvalue weighted by Crippen LogP contribution is -2.10. The lowest BCUT2D eigenvalue weighted by atomic mass is 10.0. The third-order valence-electron chi connectivity index (χ3n) is 7.85. The third-order valence-corrected chi connectivity index (χ3v) is 7.85. The summed E-state index contributed by atoms with van der Waals surface area (Å²) in [5.74, 6) is -1.91. The van der Waals surface area contributed by atoms with Crippen molar-refractivity contribution in [2.45, 2.75) is 13.8 Å². The quantitative estimate of drug-likeness (QED) is 0.171. The van der Waals surface area contributed by atoms with Gasteiger partial charge in [-0.1, -0.05) is 48.5 Å². The predicted octanol–water partition coefficient (Wildman–Crippen LogP) is 10.3. The number of hydrogen-bond donors (Lipinski definition) is 2. The van der Waals surface area contributed by atoms with Gasteiger partial charge in [-0.2, -0.15) is 0 Å². The minimum atomic E-state index is -0.956. The zero-order valence-electron chi connectivity index (χ0n) is 25.5. The summed E-state index contributed by atoms with van der Waals surface area (Å²) in [6.45, 7) is 4.10. The molecule has 0 aliphatic heterocycles. The fourth-order valence-electron chi connectivity index (χ4n) is 5.54. The third kappa shape index (κ3) is 6.37. The van der Waals surface area contributed by atoms with Crippen molar-refractivity contribution in [2.75, 3.05) is 9.80 Å². The van der Waals surface area contributed by atoms with Gasteiger partial charge in [0, 0.05) is 34.1 Å². The van der Waals surface area contributed by atoms with Crippen LogP contribution in [0.3, 0.4) is 0 Å². The van der Waals surface area contributed by atoms with Crippen molar-refractivity contribution in [1.82, 2.24) is 0 Å². The Morgan fingerprint density at radius 3 is 1.00 bits per heavy atom. The second kappa shape index (κ2) is 12.8. The predicted molar refractivity (Wildman–Crippen MR) is 185 cm³/mol. The van der Waals surface area contributed by atoms with Crippen LogP contribution in [0, 0.1) is 13.8 Å². The van der Waals surface area contributed by atoms with Gasteiger partial charge < -0.3 is 20.0 Å². The van der Waals surface area contributed by atoms with Gasteiger partial charge in [-0.25, -0.2) is 9.59 Å². The van der Waals surface area contributed by atoms with Crippen molar-refractivity contribution in [3.63, 3.8) is 0 Å². The SMILES string of the molecule is Cc1cccc(N(c2ccc(C(=O)O)cc2)c2ccc(-c3ccc(N(c4ccc(C(=O)O)cc4)c4cccc(C)c4)cc3)cc2)c1. The van der Waals surface area contributed by atoms with Crippen LogP contribution in [0.15, 0.2) is 146 Å². The Morgan fingerprint density at radius 2 is 0.717 bits per heavy atom. The molecule has 46 heavy (non-hydrogen) atoms. The molecule has 0 heterocycles. The second-order valence-electron chi connectivity index (χ2n) is 11.1. The van der Waals surface area contributed by atoms with Crippen LogP contribution >= 0.6 is 0 Å². The van der Waals surface area contributed by atoms with E-state index < -0.39 is 11.9 Å². The number of carboxylic acids is 2. The van der Waals surface area contributed by atoms with Crippen LogP contribution in [0.4, 0.5) is 34.1 Å². The second-order valence-corrected chi connectivity index (χ2v) is 11.1. The zero-order valence-corrected chi connectivity index (χ0v) is 25.5. The Balaban J connectivity index is 1.32. The normalized spacial score (nSPS) is 10.7. The molecule has 6 aromatic rings. The Bertz CT molecular complexity index is 1850. The van der Waals surface area contributed by atoms with Crippen LogP contribution in [0.2, 0.25) is 0 Å². The summed E-state index contributed by atoms with van der Waals surface area (Å²) in [6.07, 6.45) is 0. The molecule has 2 N–H and O–H groups in total. The summed E-state index contributed by atoms with van der Waals surface area (Å²) >= 11 is 0. The van der Waals surface area contributed by atoms with Gasteiger partial charge in [0.25, 0.3) is 0 Å². The molecule has 6 nitrogen and oxygen atoms in total. The molecule has 0 bridgehead atoms. The highest BCUT2D eigenvalue weighted by Crippen LogP contribution is 2.38. The van der Waals surface area contributed by atoms with Gasteiger partial charge in [0.05, 0.1) is 11.1 Å². The number of aryl methyl sites for hydroxylation is 2. The van der Waals surface area contributed by atoms with E-state index in [1.54, 1.807) is 24.3 Å². The van der Waals surface area contributed by atoms with Gasteiger partial charge >= 0.3 is 11.9 Å². The van der Waals surface area contributed by atoms with Crippen molar-refractivity contribution >= 4 is 46.1 Å². The largest absolute Gasteiger partial charge is 0.478 e. The molecule has 0 aliphatic carbocycles. The molecular formula is C40H32N2O4. The zero-order chi connectivity index (χ0) is 32.2. The van der Waals surface area contributed by atoms with Crippen LogP contribution in [0.25, 0.3) is 11.1 Å². The van der Waals surface area contributed by atoms with Gasteiger partial charge in [0.1, 0.15) is 0 Å². The smallest absolute Gasteiger partial charge is 0.335 e. The maximum atomic E-state index is 11.5. The number of nitrogens with zero attached hydrogens (tertiary/aromatic N) is 2. The molecule has 0 aromatic heterocycles. The first kappa shape index (κ1) is 29.9. The lowest BCUT2D eigenvalue weighted by Gasteiger charge is -2.26. The molecule has 6 aromatic carbocycles. The Morgan fingerprint density at radius 1 is 0.413 bits per heavy atom. The number of rotatable bonds is 9. The van der Waals surface area contributed by atoms with Crippen molar-refractivity contribution in [3.8, 4) is 11.1 Å². The molecule has 0 amide bonds. The number of benzene rings is 6. The maximum absolute atomic E-state index is 11.5. The number of aromatic carboxylic acids is 2. The van der Waals surface area contributed by atoms with E-state index in [9.17, 15) is 19.8 Å². The summed E-state index contributed by atoms with van der Waals surface area (Å²) in [5.41, 5.74) is 10.4. The monoisotopic (exact) mass is 604 g/mol. The summed E-state index contributed by atoms with van der Waals surface area (Å²) in [4.78, 5) is 27.1. The van der Waals surface area contributed by atoms with E-state index in [4.69, 9.17) is 0 Å². The van der Waals surface area contributed by atoms with Crippen molar-refractivity contribution in [1.29, 1.82) is 0 Å². The van der Waals surface area contributed by atoms with E-state index in [2.05, 4.69) is 70.5 Å². The van der Waals surface area contributed by atoms with E-state index in [0.717, 1.165) is 56.4 Å². The van der Waals surface area contributed by atoms with E-state index in [-0.39, 0.29) is 11.1 Å². The Hall–Kier alpha value is -6.14. The molecule has 0 spiro atoms. The van der Waals surface area contributed by atoms with Crippen molar-refractivity contribution in [3.05, 3.63) is 168 Å². The Labute approximate surface area is 268 Å². The number of hydrogen-bond acceptors (Lipinski definition) is 4. The number of carbonyl (C=O) groups is 2. The van der Waals surface area contributed by atoms with E-state index in [0.29, 0.717) is 0 Å². The van der Waals surface area contributed by atoms with Crippen LogP contribution in [-0.2, 0) is 0 Å². The minimum absolute atomic E-state index is 0.241. The van der Waals surface area contributed by atoms with Crippen LogP contribution in [0.1, 0.15) is 31.8 Å². The molecule has 0 atom stereocenters. The highest BCUT2D eigenvalue weighted by atomic mass is 16.4. The molecule has 0 aliphatic rings. The average Bonchev–Trinajstić information content (AvgIpc) is 3.06. The van der Waals surface area contributed by atoms with Gasteiger partial charge in [-0.3, -0.25) is 0 Å². The summed E-state index contributed by atoms with van der Waals surface area (Å²) < 4.78 is 0. The summed E-state index contributed by atoms with van der Waals surface area (Å²) in [5, 5.41) is 18.8. The van der Waals surface area contributed by atoms with Gasteiger partial charge in [0.15, 0.2) is 0 Å². The summed E-state index contributed by atoms with van der Waals surface area (Å²) in [6, 6.07) is 46.8. The van der Waals surface area contributed by atoms with Gasteiger partial charge in [-0.05, 0) is 133 Å². The molecule has 0 fully saturated rings. The van der Waals surface area contributed by atoms with Crippen molar-refractivity contribution < 1.29 is 19.8 Å². The maximum Gasteiger partial charge on any atom is 0.335 e. The first-order valence-electron chi connectivity index (χ1n) is 14.9. The molecule has 0 saturated carbocycles. The average molecular weight is 605 g/mol. The van der Waals surface area contributed by atoms with Crippen LogP contribution in [0.5, 0.6) is 0 Å². The van der Waals surface area contributed by atoms with E-state index in [1.165, 1.54) is 0 Å². The molecule has 0 unspecified atom stereocenters. The number of anilines is 6. The minimum Gasteiger partial charge on any atom is -0.478 e.